The van der Waals surface area contributed by atoms with Gasteiger partial charge in [0.2, 0.25) is 0 Å². The van der Waals surface area contributed by atoms with Crippen molar-refractivity contribution in [1.82, 2.24) is 0 Å². The minimum atomic E-state index is -0.809. The molecule has 1 N–H and O–H groups in total. The third-order valence-electron chi connectivity index (χ3n) is 7.67. The lowest BCUT2D eigenvalue weighted by Crippen LogP contribution is -2.28. The molecule has 0 aromatic heterocycles. The molecule has 0 amide bonds. The van der Waals surface area contributed by atoms with Crippen LogP contribution in [0, 0.1) is 0 Å². The molecule has 0 aliphatic heterocycles. The van der Waals surface area contributed by atoms with Crippen LogP contribution in [0.15, 0.2) is 85.1 Å². The van der Waals surface area contributed by atoms with Crippen molar-refractivity contribution >= 4 is 11.9 Å². The minimum absolute atomic E-state index is 0.107. The third-order valence-corrected chi connectivity index (χ3v) is 7.67. The Hall–Kier alpha value is -2.92. The first-order valence-corrected chi connectivity index (χ1v) is 19.1. The molecule has 0 radical (unpaired) electrons. The Morgan fingerprint density at radius 3 is 1.42 bits per heavy atom. The van der Waals surface area contributed by atoms with Crippen molar-refractivity contribution in [2.75, 3.05) is 13.2 Å². The number of ether oxygens (including phenoxy) is 2. The van der Waals surface area contributed by atoms with E-state index in [0.29, 0.717) is 19.3 Å². The SMILES string of the molecule is CC/C=C\C/C=C\C/C=C\C/C=C\CCCCCCC(=O)O[C@@H](CO)COC(=O)CCC/C=C\C/C=C\C/C=C\CCCCCCCC. The zero-order valence-electron chi connectivity index (χ0n) is 30.7. The number of hydrogen-bond acceptors (Lipinski definition) is 5. The molecule has 0 saturated heterocycles. The highest BCUT2D eigenvalue weighted by Gasteiger charge is 2.15. The highest BCUT2D eigenvalue weighted by molar-refractivity contribution is 5.70. The molecular weight excluding hydrogens is 596 g/mol. The van der Waals surface area contributed by atoms with E-state index in [0.717, 1.165) is 77.0 Å². The second kappa shape index (κ2) is 38.5. The molecule has 0 aromatic carbocycles. The molecule has 0 heterocycles. The minimum Gasteiger partial charge on any atom is -0.462 e. The summed E-state index contributed by atoms with van der Waals surface area (Å²) in [6.45, 7) is 3.93. The Balaban J connectivity index is 3.73. The molecule has 0 unspecified atom stereocenters. The Bertz CT molecular complexity index is 937. The molecule has 0 rings (SSSR count). The standard InChI is InChI=1S/C43H70O5/c1-3-5-7-9-11-13-15-17-19-21-23-25-27-29-31-33-35-37-42(45)47-40-41(39-44)48-43(46)38-36-34-32-30-28-26-24-22-20-18-16-14-12-10-8-6-4-2/h6,8,12,14,17-20,23-26,29,31,41,44H,3-5,7,9-11,13,15-16,21-22,27-28,30,32-40H2,1-2H3/b8-6-,14-12-,19-17-,20-18-,25-23-,26-24-,31-29-/t41-/m0/s1. The molecule has 0 aliphatic carbocycles. The predicted octanol–water partition coefficient (Wildman–Crippen LogP) is 11.9. The van der Waals surface area contributed by atoms with E-state index in [1.165, 1.54) is 44.9 Å². The van der Waals surface area contributed by atoms with Crippen LogP contribution in [0.1, 0.15) is 155 Å². The first kappa shape index (κ1) is 45.1. The van der Waals surface area contributed by atoms with Gasteiger partial charge in [0.1, 0.15) is 6.61 Å². The number of hydrogen-bond donors (Lipinski definition) is 1. The lowest BCUT2D eigenvalue weighted by atomic mass is 10.1. The largest absolute Gasteiger partial charge is 0.462 e. The van der Waals surface area contributed by atoms with Gasteiger partial charge < -0.3 is 14.6 Å². The summed E-state index contributed by atoms with van der Waals surface area (Å²) in [5.41, 5.74) is 0. The third kappa shape index (κ3) is 35.9. The first-order valence-electron chi connectivity index (χ1n) is 19.1. The van der Waals surface area contributed by atoms with Crippen LogP contribution in [0.25, 0.3) is 0 Å². The summed E-state index contributed by atoms with van der Waals surface area (Å²) in [4.78, 5) is 24.2. The summed E-state index contributed by atoms with van der Waals surface area (Å²) in [7, 11) is 0. The van der Waals surface area contributed by atoms with Gasteiger partial charge in [0, 0.05) is 12.8 Å². The zero-order chi connectivity index (χ0) is 35.0. The normalized spacial score (nSPS) is 13.1. The predicted molar refractivity (Wildman–Crippen MR) is 205 cm³/mol. The van der Waals surface area contributed by atoms with Gasteiger partial charge in [-0.05, 0) is 83.5 Å². The Labute approximate surface area is 295 Å². The maximum atomic E-state index is 12.1. The van der Waals surface area contributed by atoms with Crippen molar-refractivity contribution in [2.24, 2.45) is 0 Å². The second-order valence-electron chi connectivity index (χ2n) is 12.3. The summed E-state index contributed by atoms with van der Waals surface area (Å²) in [6, 6.07) is 0. The van der Waals surface area contributed by atoms with Gasteiger partial charge in [0.25, 0.3) is 0 Å². The summed E-state index contributed by atoms with van der Waals surface area (Å²) >= 11 is 0. The molecule has 5 heteroatoms. The number of carbonyl (C=O) groups is 2. The fourth-order valence-corrected chi connectivity index (χ4v) is 4.79. The average molecular weight is 667 g/mol. The smallest absolute Gasteiger partial charge is 0.306 e. The number of unbranched alkanes of at least 4 members (excludes halogenated alkanes) is 11. The van der Waals surface area contributed by atoms with Crippen LogP contribution in [0.2, 0.25) is 0 Å². The molecule has 272 valence electrons. The number of esters is 2. The molecule has 1 atom stereocenters. The number of aliphatic hydroxyl groups is 1. The molecular formula is C43H70O5. The number of carbonyl (C=O) groups excluding carboxylic acids is 2. The summed E-state index contributed by atoms with van der Waals surface area (Å²) in [6.07, 6.45) is 52.1. The van der Waals surface area contributed by atoms with E-state index in [4.69, 9.17) is 9.47 Å². The molecule has 0 saturated carbocycles. The van der Waals surface area contributed by atoms with Crippen LogP contribution in [-0.4, -0.2) is 36.4 Å². The van der Waals surface area contributed by atoms with Crippen LogP contribution in [-0.2, 0) is 19.1 Å². The first-order chi connectivity index (χ1) is 23.6. The van der Waals surface area contributed by atoms with E-state index >= 15 is 0 Å². The summed E-state index contributed by atoms with van der Waals surface area (Å²) in [5, 5.41) is 9.54. The van der Waals surface area contributed by atoms with Crippen molar-refractivity contribution in [3.63, 3.8) is 0 Å². The van der Waals surface area contributed by atoms with Gasteiger partial charge in [0.15, 0.2) is 6.10 Å². The molecule has 48 heavy (non-hydrogen) atoms. The van der Waals surface area contributed by atoms with Crippen molar-refractivity contribution < 1.29 is 24.2 Å². The van der Waals surface area contributed by atoms with Crippen molar-refractivity contribution in [2.45, 2.75) is 161 Å². The summed E-state index contributed by atoms with van der Waals surface area (Å²) in [5.74, 6) is -0.689. The quantitative estimate of drug-likeness (QED) is 0.0429. The van der Waals surface area contributed by atoms with E-state index in [-0.39, 0.29) is 25.2 Å². The highest BCUT2D eigenvalue weighted by Crippen LogP contribution is 2.10. The zero-order valence-corrected chi connectivity index (χ0v) is 30.7. The number of aliphatic hydroxyl groups excluding tert-OH is 1. The van der Waals surface area contributed by atoms with Crippen LogP contribution in [0.5, 0.6) is 0 Å². The number of allylic oxidation sites excluding steroid dienone is 14. The van der Waals surface area contributed by atoms with Gasteiger partial charge in [-0.1, -0.05) is 144 Å². The molecule has 0 bridgehead atoms. The molecule has 0 aromatic rings. The molecule has 0 fully saturated rings. The Kier molecular flexibility index (Phi) is 36.2. The molecule has 0 spiro atoms. The average Bonchev–Trinajstić information content (AvgIpc) is 3.09. The fraction of sp³-hybridized carbons (Fsp3) is 0.628. The van der Waals surface area contributed by atoms with Crippen molar-refractivity contribution in [1.29, 1.82) is 0 Å². The van der Waals surface area contributed by atoms with E-state index < -0.39 is 6.10 Å². The topological polar surface area (TPSA) is 72.8 Å². The van der Waals surface area contributed by atoms with Crippen LogP contribution in [0.4, 0.5) is 0 Å². The highest BCUT2D eigenvalue weighted by atomic mass is 16.6. The second-order valence-corrected chi connectivity index (χ2v) is 12.3. The number of rotatable bonds is 33. The van der Waals surface area contributed by atoms with Gasteiger partial charge in [0.05, 0.1) is 6.61 Å². The lowest BCUT2D eigenvalue weighted by Gasteiger charge is -2.15. The van der Waals surface area contributed by atoms with Gasteiger partial charge in [-0.15, -0.1) is 0 Å². The molecule has 5 nitrogen and oxygen atoms in total. The Morgan fingerprint density at radius 2 is 0.917 bits per heavy atom. The van der Waals surface area contributed by atoms with Crippen molar-refractivity contribution in [3.05, 3.63) is 85.1 Å². The maximum absolute atomic E-state index is 12.1. The summed E-state index contributed by atoms with van der Waals surface area (Å²) < 4.78 is 10.5. The van der Waals surface area contributed by atoms with Crippen LogP contribution < -0.4 is 0 Å². The van der Waals surface area contributed by atoms with E-state index in [2.05, 4.69) is 98.9 Å². The van der Waals surface area contributed by atoms with E-state index in [1.807, 2.05) is 0 Å². The Morgan fingerprint density at radius 1 is 0.500 bits per heavy atom. The van der Waals surface area contributed by atoms with Crippen molar-refractivity contribution in [3.8, 4) is 0 Å². The lowest BCUT2D eigenvalue weighted by molar-refractivity contribution is -0.161. The van der Waals surface area contributed by atoms with Gasteiger partial charge in [-0.3, -0.25) is 9.59 Å². The molecule has 0 aliphatic rings. The van der Waals surface area contributed by atoms with Crippen LogP contribution in [0.3, 0.4) is 0 Å². The van der Waals surface area contributed by atoms with E-state index in [1.54, 1.807) is 0 Å². The van der Waals surface area contributed by atoms with Crippen LogP contribution >= 0.6 is 0 Å². The fourth-order valence-electron chi connectivity index (χ4n) is 4.79. The monoisotopic (exact) mass is 667 g/mol. The van der Waals surface area contributed by atoms with Gasteiger partial charge in [-0.2, -0.15) is 0 Å². The van der Waals surface area contributed by atoms with E-state index in [9.17, 15) is 14.7 Å². The van der Waals surface area contributed by atoms with Gasteiger partial charge >= 0.3 is 11.9 Å². The van der Waals surface area contributed by atoms with Gasteiger partial charge in [-0.25, -0.2) is 0 Å². The maximum Gasteiger partial charge on any atom is 0.306 e.